The molecular formula is C23H27ClFN3O4S. The Bertz CT molecular complexity index is 1140. The number of hydrogen-bond donors (Lipinski definition) is 1. The van der Waals surface area contributed by atoms with Gasteiger partial charge in [0.2, 0.25) is 0 Å². The molecule has 33 heavy (non-hydrogen) atoms. The number of pyridine rings is 1. The van der Waals surface area contributed by atoms with Crippen LogP contribution in [0.2, 0.25) is 5.02 Å². The largest absolute Gasteiger partial charge is 0.476 e. The zero-order chi connectivity index (χ0) is 24.0. The van der Waals surface area contributed by atoms with Crippen molar-refractivity contribution in [1.29, 1.82) is 0 Å². The van der Waals surface area contributed by atoms with Crippen molar-refractivity contribution in [3.8, 4) is 5.75 Å². The molecule has 2 aliphatic heterocycles. The number of carbonyl (C=O) groups is 1. The molecule has 2 aromatic rings. The second-order valence-electron chi connectivity index (χ2n) is 9.25. The number of benzene rings is 1. The van der Waals surface area contributed by atoms with E-state index in [1.807, 2.05) is 0 Å². The van der Waals surface area contributed by atoms with Gasteiger partial charge in [-0.3, -0.25) is 4.79 Å². The molecule has 4 rings (SSSR count). The minimum absolute atomic E-state index is 0.0129. The molecule has 1 amide bonds. The normalized spacial score (nSPS) is 22.8. The molecule has 2 bridgehead atoms. The maximum Gasteiger partial charge on any atom is 0.263 e. The van der Waals surface area contributed by atoms with E-state index >= 15 is 0 Å². The molecule has 3 heterocycles. The van der Waals surface area contributed by atoms with E-state index in [9.17, 15) is 17.6 Å². The lowest BCUT2D eigenvalue weighted by Crippen LogP contribution is -2.55. The molecule has 1 N–H and O–H groups in total. The number of nitrogens with zero attached hydrogens (tertiary/aromatic N) is 2. The summed E-state index contributed by atoms with van der Waals surface area (Å²) in [6, 6.07) is 7.59. The van der Waals surface area contributed by atoms with E-state index in [2.05, 4.69) is 15.2 Å². The number of fused-ring (bicyclic) bond motifs is 2. The SMILES string of the molecule is CC(C)(Oc1ccc(F)cc1Cl)C(=O)N[C@H]1C[C@H]2CC[C@@H](C1)N2c1ccc(S(C)(=O)=O)nc1. The molecule has 0 saturated carbocycles. The predicted molar refractivity (Wildman–Crippen MR) is 124 cm³/mol. The highest BCUT2D eigenvalue weighted by Crippen LogP contribution is 2.39. The van der Waals surface area contributed by atoms with Crippen molar-refractivity contribution < 1.29 is 22.3 Å². The van der Waals surface area contributed by atoms with Gasteiger partial charge < -0.3 is 15.0 Å². The van der Waals surface area contributed by atoms with Crippen LogP contribution in [-0.2, 0) is 14.6 Å². The first-order valence-corrected chi connectivity index (χ1v) is 13.1. The average molecular weight is 496 g/mol. The fourth-order valence-corrected chi connectivity index (χ4v) is 5.46. The molecule has 0 unspecified atom stereocenters. The lowest BCUT2D eigenvalue weighted by molar-refractivity contribution is -0.135. The summed E-state index contributed by atoms with van der Waals surface area (Å²) in [5.74, 6) is -0.490. The van der Waals surface area contributed by atoms with Gasteiger partial charge in [-0.2, -0.15) is 0 Å². The number of aromatic nitrogens is 1. The molecule has 0 aliphatic carbocycles. The van der Waals surface area contributed by atoms with Crippen molar-refractivity contribution in [2.75, 3.05) is 11.2 Å². The number of amides is 1. The monoisotopic (exact) mass is 495 g/mol. The first kappa shape index (κ1) is 23.8. The van der Waals surface area contributed by atoms with Crippen LogP contribution in [0.1, 0.15) is 39.5 Å². The highest BCUT2D eigenvalue weighted by atomic mass is 35.5. The summed E-state index contributed by atoms with van der Waals surface area (Å²) in [4.78, 5) is 19.4. The molecule has 178 valence electrons. The number of hydrogen-bond acceptors (Lipinski definition) is 6. The van der Waals surface area contributed by atoms with Gasteiger partial charge in [-0.25, -0.2) is 17.8 Å². The molecule has 2 aliphatic rings. The minimum Gasteiger partial charge on any atom is -0.476 e. The highest BCUT2D eigenvalue weighted by Gasteiger charge is 2.43. The standard InChI is InChI=1S/C23H27ClFN3O4S/c1-23(2,32-20-8-4-14(25)10-19(20)24)22(29)27-15-11-16-5-6-17(12-15)28(16)18-7-9-21(26-13-18)33(3,30)31/h4,7-10,13,15-17H,5-6,11-12H2,1-3H3,(H,27,29)/t15-,16+,17-. The van der Waals surface area contributed by atoms with Gasteiger partial charge in [0.05, 0.1) is 16.9 Å². The number of anilines is 1. The van der Waals surface area contributed by atoms with Gasteiger partial charge in [0, 0.05) is 24.4 Å². The average Bonchev–Trinajstić information content (AvgIpc) is 3.00. The number of piperidine rings is 1. The summed E-state index contributed by atoms with van der Waals surface area (Å²) >= 11 is 6.05. The van der Waals surface area contributed by atoms with Crippen molar-refractivity contribution in [2.45, 2.75) is 68.3 Å². The first-order valence-electron chi connectivity index (χ1n) is 10.8. The second-order valence-corrected chi connectivity index (χ2v) is 11.6. The zero-order valence-corrected chi connectivity index (χ0v) is 20.3. The van der Waals surface area contributed by atoms with Gasteiger partial charge in [0.15, 0.2) is 20.5 Å². The predicted octanol–water partition coefficient (Wildman–Crippen LogP) is 3.75. The summed E-state index contributed by atoms with van der Waals surface area (Å²) in [6.45, 7) is 3.31. The van der Waals surface area contributed by atoms with Crippen LogP contribution in [0.3, 0.4) is 0 Å². The molecule has 3 atom stereocenters. The Morgan fingerprint density at radius 1 is 1.21 bits per heavy atom. The summed E-state index contributed by atoms with van der Waals surface area (Å²) < 4.78 is 42.5. The topological polar surface area (TPSA) is 88.6 Å². The summed E-state index contributed by atoms with van der Waals surface area (Å²) in [7, 11) is -3.34. The number of ether oxygens (including phenoxy) is 1. The molecule has 7 nitrogen and oxygen atoms in total. The van der Waals surface area contributed by atoms with Crippen molar-refractivity contribution in [3.05, 3.63) is 47.4 Å². The van der Waals surface area contributed by atoms with Crippen LogP contribution >= 0.6 is 11.6 Å². The number of carbonyl (C=O) groups excluding carboxylic acids is 1. The quantitative estimate of drug-likeness (QED) is 0.656. The van der Waals surface area contributed by atoms with E-state index in [4.69, 9.17) is 16.3 Å². The van der Waals surface area contributed by atoms with Gasteiger partial charge in [-0.05, 0) is 69.9 Å². The van der Waals surface area contributed by atoms with Gasteiger partial charge in [-0.1, -0.05) is 11.6 Å². The van der Waals surface area contributed by atoms with Crippen LogP contribution in [0, 0.1) is 5.82 Å². The fourth-order valence-electron chi connectivity index (χ4n) is 4.70. The maximum atomic E-state index is 13.3. The van der Waals surface area contributed by atoms with Crippen LogP contribution in [0.15, 0.2) is 41.6 Å². The Hall–Kier alpha value is -2.39. The molecule has 2 saturated heterocycles. The van der Waals surface area contributed by atoms with Gasteiger partial charge >= 0.3 is 0 Å². The van der Waals surface area contributed by atoms with E-state index in [-0.39, 0.29) is 39.8 Å². The van der Waals surface area contributed by atoms with E-state index in [1.54, 1.807) is 32.2 Å². The maximum absolute atomic E-state index is 13.3. The van der Waals surface area contributed by atoms with E-state index < -0.39 is 21.3 Å². The number of halogens is 2. The third-order valence-corrected chi connectivity index (χ3v) is 7.57. The van der Waals surface area contributed by atoms with Crippen LogP contribution in [0.5, 0.6) is 5.75 Å². The third kappa shape index (κ3) is 5.09. The van der Waals surface area contributed by atoms with Crippen molar-refractivity contribution >= 4 is 33.0 Å². The Labute approximate surface area is 198 Å². The molecule has 1 aromatic heterocycles. The summed E-state index contributed by atoms with van der Waals surface area (Å²) in [5.41, 5.74) is -0.294. The number of rotatable bonds is 6. The van der Waals surface area contributed by atoms with Crippen molar-refractivity contribution in [2.24, 2.45) is 0 Å². The smallest absolute Gasteiger partial charge is 0.263 e. The van der Waals surface area contributed by atoms with Crippen LogP contribution in [0.25, 0.3) is 0 Å². The Kier molecular flexibility index (Phi) is 6.30. The van der Waals surface area contributed by atoms with E-state index in [0.717, 1.165) is 43.7 Å². The number of nitrogens with one attached hydrogen (secondary N) is 1. The van der Waals surface area contributed by atoms with Crippen molar-refractivity contribution in [1.82, 2.24) is 10.3 Å². The Morgan fingerprint density at radius 3 is 2.42 bits per heavy atom. The van der Waals surface area contributed by atoms with Crippen LogP contribution < -0.4 is 15.0 Å². The van der Waals surface area contributed by atoms with Gasteiger partial charge in [0.1, 0.15) is 11.6 Å². The molecule has 10 heteroatoms. The van der Waals surface area contributed by atoms with Gasteiger partial charge in [0.25, 0.3) is 5.91 Å². The van der Waals surface area contributed by atoms with Crippen LogP contribution in [0.4, 0.5) is 10.1 Å². The van der Waals surface area contributed by atoms with Crippen molar-refractivity contribution in [3.63, 3.8) is 0 Å². The molecular weight excluding hydrogens is 469 g/mol. The Balaban J connectivity index is 1.41. The lowest BCUT2D eigenvalue weighted by atomic mass is 9.95. The highest BCUT2D eigenvalue weighted by molar-refractivity contribution is 7.90. The van der Waals surface area contributed by atoms with Gasteiger partial charge in [-0.15, -0.1) is 0 Å². The summed E-state index contributed by atoms with van der Waals surface area (Å²) in [6.07, 6.45) is 6.28. The zero-order valence-electron chi connectivity index (χ0n) is 18.7. The molecule has 2 fully saturated rings. The Morgan fingerprint density at radius 2 is 1.88 bits per heavy atom. The number of sulfone groups is 1. The van der Waals surface area contributed by atoms with E-state index in [0.29, 0.717) is 0 Å². The third-order valence-electron chi connectivity index (χ3n) is 6.27. The molecule has 1 aromatic carbocycles. The second kappa shape index (κ2) is 8.76. The van der Waals surface area contributed by atoms with E-state index in [1.165, 1.54) is 12.1 Å². The lowest BCUT2D eigenvalue weighted by Gasteiger charge is -2.41. The van der Waals surface area contributed by atoms with Crippen LogP contribution in [-0.4, -0.2) is 49.3 Å². The minimum atomic E-state index is -3.34. The fraction of sp³-hybridized carbons (Fsp3) is 0.478. The first-order chi connectivity index (χ1) is 15.4. The molecule has 0 radical (unpaired) electrons. The summed E-state index contributed by atoms with van der Waals surface area (Å²) in [5, 5.41) is 3.28. The molecule has 0 spiro atoms.